The molecule has 0 spiro atoms. The maximum Gasteiger partial charge on any atom is 0.415 e. The molecule has 2 rings (SSSR count). The number of amides is 1. The maximum absolute atomic E-state index is 13.7. The third-order valence-corrected chi connectivity index (χ3v) is 3.40. The molecular formula is C18H23F2NO3. The van der Waals surface area contributed by atoms with E-state index in [1.165, 1.54) is 4.90 Å². The zero-order chi connectivity index (χ0) is 17.9. The number of rotatable bonds is 2. The van der Waals surface area contributed by atoms with Gasteiger partial charge in [-0.25, -0.2) is 13.6 Å². The van der Waals surface area contributed by atoms with Gasteiger partial charge in [0.25, 0.3) is 0 Å². The van der Waals surface area contributed by atoms with Crippen molar-refractivity contribution in [2.45, 2.75) is 46.1 Å². The molecule has 0 saturated carbocycles. The van der Waals surface area contributed by atoms with Crippen LogP contribution in [-0.4, -0.2) is 24.8 Å². The van der Waals surface area contributed by atoms with Crippen LogP contribution in [0, 0.1) is 11.6 Å². The Morgan fingerprint density at radius 2 is 2.00 bits per heavy atom. The first-order valence-corrected chi connectivity index (χ1v) is 8.01. The molecule has 0 aliphatic carbocycles. The second-order valence-corrected chi connectivity index (χ2v) is 6.74. The lowest BCUT2D eigenvalue weighted by atomic mass is 10.2. The van der Waals surface area contributed by atoms with Gasteiger partial charge in [-0.2, -0.15) is 0 Å². The lowest BCUT2D eigenvalue weighted by Gasteiger charge is -2.27. The van der Waals surface area contributed by atoms with E-state index >= 15 is 0 Å². The fraction of sp³-hybridized carbons (Fsp3) is 0.500. The van der Waals surface area contributed by atoms with Crippen LogP contribution < -0.4 is 9.64 Å². The Balaban J connectivity index is 2.42. The van der Waals surface area contributed by atoms with Crippen molar-refractivity contribution < 1.29 is 23.0 Å². The largest absolute Gasteiger partial charge is 0.487 e. The number of anilines is 1. The summed E-state index contributed by atoms with van der Waals surface area (Å²) >= 11 is 0. The lowest BCUT2D eigenvalue weighted by Crippen LogP contribution is -2.38. The molecule has 0 N–H and O–H groups in total. The van der Waals surface area contributed by atoms with Crippen LogP contribution in [0.1, 0.15) is 40.5 Å². The van der Waals surface area contributed by atoms with Crippen molar-refractivity contribution in [1.29, 1.82) is 0 Å². The minimum absolute atomic E-state index is 0.125. The van der Waals surface area contributed by atoms with Crippen LogP contribution in [0.2, 0.25) is 0 Å². The van der Waals surface area contributed by atoms with E-state index in [0.717, 1.165) is 30.5 Å². The minimum atomic E-state index is -1.04. The monoisotopic (exact) mass is 339 g/mol. The molecule has 0 fully saturated rings. The normalized spacial score (nSPS) is 16.4. The zero-order valence-electron chi connectivity index (χ0n) is 14.5. The van der Waals surface area contributed by atoms with Gasteiger partial charge in [-0.3, -0.25) is 4.90 Å². The molecule has 1 amide bonds. The molecule has 0 atom stereocenters. The predicted octanol–water partition coefficient (Wildman–Crippen LogP) is 4.83. The molecule has 1 heterocycles. The molecule has 6 heteroatoms. The Hall–Kier alpha value is -2.11. The molecule has 1 aliphatic heterocycles. The first kappa shape index (κ1) is 18.2. The predicted molar refractivity (Wildman–Crippen MR) is 88.4 cm³/mol. The van der Waals surface area contributed by atoms with Crippen LogP contribution in [0.25, 0.3) is 0 Å². The number of hydrogen-bond donors (Lipinski definition) is 0. The second-order valence-electron chi connectivity index (χ2n) is 6.74. The van der Waals surface area contributed by atoms with E-state index in [1.807, 2.05) is 13.0 Å². The Morgan fingerprint density at radius 1 is 1.33 bits per heavy atom. The van der Waals surface area contributed by atoms with Crippen molar-refractivity contribution in [2.75, 3.05) is 18.1 Å². The number of unbranched alkanes of at least 4 members (excludes halogenated alkanes) is 1. The van der Waals surface area contributed by atoms with E-state index in [9.17, 15) is 13.6 Å². The number of benzene rings is 1. The molecular weight excluding hydrogens is 316 g/mol. The molecule has 24 heavy (non-hydrogen) atoms. The Morgan fingerprint density at radius 3 is 2.62 bits per heavy atom. The SMILES string of the molecule is CCC/C=C1/COc2cc(F)c(F)cc2N(C(=O)OC(C)(C)C)C1. The summed E-state index contributed by atoms with van der Waals surface area (Å²) in [5.41, 5.74) is 0.332. The average molecular weight is 339 g/mol. The lowest BCUT2D eigenvalue weighted by molar-refractivity contribution is 0.0583. The number of ether oxygens (including phenoxy) is 2. The average Bonchev–Trinajstić information content (AvgIpc) is 2.64. The highest BCUT2D eigenvalue weighted by atomic mass is 19.2. The number of hydrogen-bond acceptors (Lipinski definition) is 3. The summed E-state index contributed by atoms with van der Waals surface area (Å²) in [5, 5.41) is 0. The fourth-order valence-electron chi connectivity index (χ4n) is 2.30. The number of carbonyl (C=O) groups excluding carboxylic acids is 1. The van der Waals surface area contributed by atoms with Crippen LogP contribution in [-0.2, 0) is 4.74 Å². The summed E-state index contributed by atoms with van der Waals surface area (Å²) in [5.74, 6) is -1.93. The highest BCUT2D eigenvalue weighted by Gasteiger charge is 2.29. The van der Waals surface area contributed by atoms with Gasteiger partial charge in [0.05, 0.1) is 12.2 Å². The molecule has 0 aromatic heterocycles. The van der Waals surface area contributed by atoms with Gasteiger partial charge >= 0.3 is 6.09 Å². The molecule has 0 radical (unpaired) electrons. The molecule has 0 saturated heterocycles. The van der Waals surface area contributed by atoms with E-state index in [2.05, 4.69) is 0 Å². The van der Waals surface area contributed by atoms with E-state index in [0.29, 0.717) is 0 Å². The molecule has 1 aliphatic rings. The first-order valence-electron chi connectivity index (χ1n) is 8.01. The Bertz CT molecular complexity index is 650. The van der Waals surface area contributed by atoms with Gasteiger partial charge in [-0.15, -0.1) is 0 Å². The summed E-state index contributed by atoms with van der Waals surface area (Å²) in [4.78, 5) is 13.8. The van der Waals surface area contributed by atoms with Gasteiger partial charge in [0, 0.05) is 12.1 Å². The first-order chi connectivity index (χ1) is 11.2. The summed E-state index contributed by atoms with van der Waals surface area (Å²) in [7, 11) is 0. The summed E-state index contributed by atoms with van der Waals surface area (Å²) in [6.45, 7) is 7.72. The van der Waals surface area contributed by atoms with Gasteiger partial charge in [0.1, 0.15) is 18.0 Å². The van der Waals surface area contributed by atoms with Crippen LogP contribution in [0.15, 0.2) is 23.8 Å². The van der Waals surface area contributed by atoms with E-state index in [-0.39, 0.29) is 24.6 Å². The number of allylic oxidation sites excluding steroid dienone is 1. The van der Waals surface area contributed by atoms with Gasteiger partial charge in [-0.1, -0.05) is 19.4 Å². The van der Waals surface area contributed by atoms with Crippen LogP contribution in [0.3, 0.4) is 0 Å². The van der Waals surface area contributed by atoms with E-state index < -0.39 is 23.3 Å². The molecule has 0 bridgehead atoms. The maximum atomic E-state index is 13.7. The topological polar surface area (TPSA) is 38.8 Å². The molecule has 132 valence electrons. The smallest absolute Gasteiger partial charge is 0.415 e. The van der Waals surface area contributed by atoms with Crippen LogP contribution >= 0.6 is 0 Å². The van der Waals surface area contributed by atoms with Crippen molar-refractivity contribution in [3.05, 3.63) is 35.4 Å². The van der Waals surface area contributed by atoms with Gasteiger partial charge in [0.2, 0.25) is 0 Å². The van der Waals surface area contributed by atoms with Crippen LogP contribution in [0.4, 0.5) is 19.3 Å². The second kappa shape index (κ2) is 7.20. The molecule has 4 nitrogen and oxygen atoms in total. The zero-order valence-corrected chi connectivity index (χ0v) is 14.5. The third-order valence-electron chi connectivity index (χ3n) is 3.40. The Labute approximate surface area is 141 Å². The molecule has 1 aromatic carbocycles. The van der Waals surface area contributed by atoms with Crippen molar-refractivity contribution in [1.82, 2.24) is 0 Å². The summed E-state index contributed by atoms with van der Waals surface area (Å²) in [6, 6.07) is 1.93. The Kier molecular flexibility index (Phi) is 5.47. The molecule has 0 unspecified atom stereocenters. The quantitative estimate of drug-likeness (QED) is 0.725. The number of fused-ring (bicyclic) bond motifs is 1. The number of halogens is 2. The third kappa shape index (κ3) is 4.46. The van der Waals surface area contributed by atoms with E-state index in [1.54, 1.807) is 20.8 Å². The summed E-state index contributed by atoms with van der Waals surface area (Å²) in [6.07, 6.45) is 3.14. The number of carbonyl (C=O) groups is 1. The highest BCUT2D eigenvalue weighted by Crippen LogP contribution is 2.35. The molecule has 1 aromatic rings. The highest BCUT2D eigenvalue weighted by molar-refractivity contribution is 5.90. The van der Waals surface area contributed by atoms with E-state index in [4.69, 9.17) is 9.47 Å². The van der Waals surface area contributed by atoms with Crippen molar-refractivity contribution in [2.24, 2.45) is 0 Å². The van der Waals surface area contributed by atoms with Gasteiger partial charge in [0.15, 0.2) is 11.6 Å². The van der Waals surface area contributed by atoms with Crippen molar-refractivity contribution in [3.8, 4) is 5.75 Å². The van der Waals surface area contributed by atoms with Crippen molar-refractivity contribution >= 4 is 11.8 Å². The fourth-order valence-corrected chi connectivity index (χ4v) is 2.30. The minimum Gasteiger partial charge on any atom is -0.487 e. The van der Waals surface area contributed by atoms with Gasteiger partial charge in [-0.05, 0) is 32.8 Å². The number of nitrogens with zero attached hydrogens (tertiary/aromatic N) is 1. The van der Waals surface area contributed by atoms with Gasteiger partial charge < -0.3 is 9.47 Å². The van der Waals surface area contributed by atoms with Crippen molar-refractivity contribution in [3.63, 3.8) is 0 Å². The standard InChI is InChI=1S/C18H23F2NO3/c1-5-6-7-12-10-21(17(22)24-18(2,3)4)15-8-13(19)14(20)9-16(15)23-11-12/h7-9H,5-6,10-11H2,1-4H3/b12-7+. The van der Waals surface area contributed by atoms with Crippen LogP contribution in [0.5, 0.6) is 5.75 Å². The summed E-state index contributed by atoms with van der Waals surface area (Å²) < 4.78 is 38.2.